The fraction of sp³-hybridized carbons (Fsp3) is 0. The maximum Gasteiger partial charge on any atom is 0.166 e. The van der Waals surface area contributed by atoms with Gasteiger partial charge in [0, 0.05) is 47.6 Å². The lowest BCUT2D eigenvalue weighted by molar-refractivity contribution is 1.07. The van der Waals surface area contributed by atoms with Gasteiger partial charge in [0.15, 0.2) is 17.5 Å². The van der Waals surface area contributed by atoms with Crippen LogP contribution in [0.1, 0.15) is 12.3 Å². The van der Waals surface area contributed by atoms with Crippen molar-refractivity contribution in [2.45, 2.75) is 0 Å². The Hall–Kier alpha value is -6.43. The van der Waals surface area contributed by atoms with Crippen molar-refractivity contribution in [3.63, 3.8) is 0 Å². The van der Waals surface area contributed by atoms with E-state index in [-0.39, 0.29) is 34.2 Å². The van der Waals surface area contributed by atoms with E-state index in [2.05, 4.69) is 22.8 Å². The summed E-state index contributed by atoms with van der Waals surface area (Å²) in [5.74, 6) is 0.257. The predicted molar refractivity (Wildman–Crippen MR) is 209 cm³/mol. The van der Waals surface area contributed by atoms with Gasteiger partial charge in [0.2, 0.25) is 0 Å². The average molecular weight is 666 g/mol. The molecule has 5 heteroatoms. The predicted octanol–water partition coefficient (Wildman–Crippen LogP) is 12.0. The normalized spacial score (nSPS) is 14.1. The van der Waals surface area contributed by atoms with Gasteiger partial charge >= 0.3 is 0 Å². The van der Waals surface area contributed by atoms with Crippen LogP contribution in [0, 0.1) is 0 Å². The molecule has 0 saturated heterocycles. The zero-order chi connectivity index (χ0) is 40.9. The fourth-order valence-corrected chi connectivity index (χ4v) is 7.95. The Kier molecular flexibility index (Phi) is 4.84. The summed E-state index contributed by atoms with van der Waals surface area (Å²) >= 11 is 1.57. The van der Waals surface area contributed by atoms with Crippen molar-refractivity contribution in [3.8, 4) is 51.0 Å². The topological polar surface area (TPSA) is 43.6 Å². The standard InChI is InChI=1S/C45H28N4S/c1-2-15-29(16-3-1)30-17-4-5-21-35(30)43-46-44(48-45(47-43)37-24-14-23-34-33-20-9-13-28-41(33)50-42(34)37)36-22-8-12-27-40(36)49-38-25-10-6-18-31(38)32-19-7-11-26-39(32)49/h1-28H/i1D,2D,3D,4D,5D,15D,16D,17D,21D. The van der Waals surface area contributed by atoms with E-state index in [1.807, 2.05) is 97.1 Å². The molecule has 0 fully saturated rings. The molecule has 0 aliphatic heterocycles. The highest BCUT2D eigenvalue weighted by molar-refractivity contribution is 7.26. The maximum absolute atomic E-state index is 9.30. The van der Waals surface area contributed by atoms with E-state index in [0.29, 0.717) is 11.1 Å². The van der Waals surface area contributed by atoms with E-state index in [1.54, 1.807) is 11.3 Å². The van der Waals surface area contributed by atoms with Gasteiger partial charge in [-0.05, 0) is 47.5 Å². The first-order chi connectivity index (χ1) is 28.5. The molecular weight excluding hydrogens is 629 g/mol. The summed E-state index contributed by atoms with van der Waals surface area (Å²) in [5, 5.41) is 4.14. The van der Waals surface area contributed by atoms with Crippen LogP contribution in [0.4, 0.5) is 0 Å². The molecule has 234 valence electrons. The summed E-state index contributed by atoms with van der Waals surface area (Å²) < 4.78 is 82.9. The van der Waals surface area contributed by atoms with Gasteiger partial charge in [0.1, 0.15) is 0 Å². The Morgan fingerprint density at radius 3 is 1.74 bits per heavy atom. The van der Waals surface area contributed by atoms with Crippen LogP contribution in [0.2, 0.25) is 0 Å². The highest BCUT2D eigenvalue weighted by atomic mass is 32.1. The van der Waals surface area contributed by atoms with Crippen LogP contribution in [0.15, 0.2) is 170 Å². The minimum atomic E-state index is -0.645. The van der Waals surface area contributed by atoms with Crippen molar-refractivity contribution in [3.05, 3.63) is 170 Å². The third kappa shape index (κ3) is 4.55. The van der Waals surface area contributed by atoms with Gasteiger partial charge in [-0.3, -0.25) is 0 Å². The van der Waals surface area contributed by atoms with E-state index < -0.39 is 54.4 Å². The molecule has 0 aliphatic carbocycles. The number of benzene rings is 7. The van der Waals surface area contributed by atoms with Gasteiger partial charge in [-0.25, -0.2) is 15.0 Å². The van der Waals surface area contributed by atoms with Crippen LogP contribution < -0.4 is 0 Å². The van der Waals surface area contributed by atoms with Gasteiger partial charge in [-0.15, -0.1) is 11.3 Å². The quantitative estimate of drug-likeness (QED) is 0.184. The maximum atomic E-state index is 9.30. The highest BCUT2D eigenvalue weighted by Gasteiger charge is 2.21. The van der Waals surface area contributed by atoms with Gasteiger partial charge in [0.05, 0.1) is 29.1 Å². The molecule has 3 heterocycles. The van der Waals surface area contributed by atoms with Gasteiger partial charge < -0.3 is 4.57 Å². The third-order valence-electron chi connectivity index (χ3n) is 8.91. The van der Waals surface area contributed by atoms with Crippen LogP contribution in [0.3, 0.4) is 0 Å². The lowest BCUT2D eigenvalue weighted by Crippen LogP contribution is -2.04. The number of thiophene rings is 1. The fourth-order valence-electron chi connectivity index (χ4n) is 6.73. The van der Waals surface area contributed by atoms with E-state index in [4.69, 9.17) is 25.9 Å². The average Bonchev–Trinajstić information content (AvgIpc) is 3.82. The summed E-state index contributed by atoms with van der Waals surface area (Å²) in [4.78, 5) is 15.1. The first-order valence-corrected chi connectivity index (χ1v) is 16.8. The number of hydrogen-bond acceptors (Lipinski definition) is 4. The zero-order valence-corrected chi connectivity index (χ0v) is 27.0. The minimum Gasteiger partial charge on any atom is -0.309 e. The highest BCUT2D eigenvalue weighted by Crippen LogP contribution is 2.41. The molecule has 0 unspecified atom stereocenters. The molecule has 50 heavy (non-hydrogen) atoms. The van der Waals surface area contributed by atoms with Crippen molar-refractivity contribution in [1.29, 1.82) is 0 Å². The summed E-state index contributed by atoms with van der Waals surface area (Å²) in [6.45, 7) is 0. The van der Waals surface area contributed by atoms with Crippen LogP contribution in [-0.4, -0.2) is 19.5 Å². The molecule has 4 nitrogen and oxygen atoms in total. The van der Waals surface area contributed by atoms with Crippen LogP contribution in [0.25, 0.3) is 93.0 Å². The van der Waals surface area contributed by atoms with E-state index >= 15 is 0 Å². The third-order valence-corrected chi connectivity index (χ3v) is 10.1. The van der Waals surface area contributed by atoms with Crippen LogP contribution in [0.5, 0.6) is 0 Å². The Labute approximate surface area is 305 Å². The Morgan fingerprint density at radius 1 is 0.440 bits per heavy atom. The molecular formula is C45H28N4S. The van der Waals surface area contributed by atoms with Gasteiger partial charge in [-0.2, -0.15) is 0 Å². The largest absolute Gasteiger partial charge is 0.309 e. The summed E-state index contributed by atoms with van der Waals surface area (Å²) in [6, 6.07) is 32.2. The molecule has 0 aliphatic rings. The molecule has 10 rings (SSSR count). The molecule has 0 radical (unpaired) electrons. The number of rotatable bonds is 5. The lowest BCUT2D eigenvalue weighted by Gasteiger charge is -2.15. The molecule has 0 spiro atoms. The number of fused-ring (bicyclic) bond motifs is 6. The van der Waals surface area contributed by atoms with Crippen LogP contribution >= 0.6 is 11.3 Å². The van der Waals surface area contributed by atoms with Gasteiger partial charge in [-0.1, -0.05) is 133 Å². The number of aromatic nitrogens is 4. The molecule has 3 aromatic heterocycles. The molecule has 0 saturated carbocycles. The van der Waals surface area contributed by atoms with Crippen molar-refractivity contribution < 1.29 is 12.3 Å². The Morgan fingerprint density at radius 2 is 0.980 bits per heavy atom. The second-order valence-corrected chi connectivity index (χ2v) is 12.8. The summed E-state index contributed by atoms with van der Waals surface area (Å²) in [7, 11) is 0. The smallest absolute Gasteiger partial charge is 0.166 e. The van der Waals surface area contributed by atoms with E-state index in [1.165, 1.54) is 0 Å². The zero-order valence-electron chi connectivity index (χ0n) is 35.2. The SMILES string of the molecule is [2H]c1c([2H])c([2H])c(-c2c([2H])c([2H])c([2H])c([2H])c2-c2nc(-c3ccccc3-n3c4ccccc4c4ccccc43)nc(-c3cccc4c3sc3ccccc34)n2)c([2H])c1[2H]. The van der Waals surface area contributed by atoms with Crippen molar-refractivity contribution in [2.24, 2.45) is 0 Å². The molecule has 0 bridgehead atoms. The van der Waals surface area contributed by atoms with Gasteiger partial charge in [0.25, 0.3) is 0 Å². The number of nitrogens with zero attached hydrogens (tertiary/aromatic N) is 4. The second-order valence-electron chi connectivity index (χ2n) is 11.7. The Balaban J connectivity index is 1.34. The lowest BCUT2D eigenvalue weighted by atomic mass is 9.99. The molecule has 0 amide bonds. The molecule has 0 atom stereocenters. The van der Waals surface area contributed by atoms with Crippen LogP contribution in [-0.2, 0) is 0 Å². The van der Waals surface area contributed by atoms with E-state index in [0.717, 1.165) is 47.7 Å². The summed E-state index contributed by atoms with van der Waals surface area (Å²) in [5.41, 5.74) is 2.97. The second kappa shape index (κ2) is 11.6. The Bertz CT molecular complexity index is 3330. The molecule has 0 N–H and O–H groups in total. The van der Waals surface area contributed by atoms with Crippen molar-refractivity contribution in [2.75, 3.05) is 0 Å². The monoisotopic (exact) mass is 665 g/mol. The first-order valence-electron chi connectivity index (χ1n) is 20.5. The van der Waals surface area contributed by atoms with Crippen molar-refractivity contribution in [1.82, 2.24) is 19.5 Å². The first kappa shape index (κ1) is 20.8. The summed E-state index contributed by atoms with van der Waals surface area (Å²) in [6.07, 6.45) is 0. The van der Waals surface area contributed by atoms with E-state index in [9.17, 15) is 1.37 Å². The number of para-hydroxylation sites is 3. The number of hydrogen-bond donors (Lipinski definition) is 0. The molecule has 10 aromatic rings. The minimum absolute atomic E-state index is 0.158. The molecule has 7 aromatic carbocycles. The van der Waals surface area contributed by atoms with Crippen molar-refractivity contribution >= 4 is 53.3 Å².